The molecule has 1 amide bonds. The van der Waals surface area contributed by atoms with Gasteiger partial charge in [0, 0.05) is 32.1 Å². The second-order valence-electron chi connectivity index (χ2n) is 6.45. The lowest BCUT2D eigenvalue weighted by Gasteiger charge is -2.34. The molecule has 0 radical (unpaired) electrons. The van der Waals surface area contributed by atoms with Crippen LogP contribution in [0.2, 0.25) is 0 Å². The van der Waals surface area contributed by atoms with Gasteiger partial charge < -0.3 is 9.64 Å². The van der Waals surface area contributed by atoms with Crippen molar-refractivity contribution in [3.63, 3.8) is 0 Å². The van der Waals surface area contributed by atoms with E-state index in [1.807, 2.05) is 6.92 Å². The number of carbonyl (C=O) groups is 1. The summed E-state index contributed by atoms with van der Waals surface area (Å²) in [5, 5.41) is 0. The smallest absolute Gasteiger partial charge is 0.243 e. The average molecular weight is 352 g/mol. The highest BCUT2D eigenvalue weighted by Crippen LogP contribution is 2.39. The molecule has 0 N–H and O–H groups in total. The van der Waals surface area contributed by atoms with Gasteiger partial charge >= 0.3 is 0 Å². The molecule has 1 heterocycles. The number of piperazine rings is 1. The first-order chi connectivity index (χ1) is 11.4. The number of carbonyl (C=O) groups excluding carboxylic acids is 1. The van der Waals surface area contributed by atoms with Crippen molar-refractivity contribution >= 4 is 15.9 Å². The summed E-state index contributed by atoms with van der Waals surface area (Å²) in [6.45, 7) is 6.14. The van der Waals surface area contributed by atoms with Crippen LogP contribution in [0.25, 0.3) is 0 Å². The predicted molar refractivity (Wildman–Crippen MR) is 90.2 cm³/mol. The molecule has 0 aromatic heterocycles. The Bertz CT molecular complexity index is 694. The van der Waals surface area contributed by atoms with Crippen molar-refractivity contribution in [3.05, 3.63) is 24.3 Å². The molecular formula is C17H24N2O4S. The summed E-state index contributed by atoms with van der Waals surface area (Å²) in [7, 11) is -3.52. The number of hydrogen-bond donors (Lipinski definition) is 0. The van der Waals surface area contributed by atoms with E-state index in [2.05, 4.69) is 6.92 Å². The van der Waals surface area contributed by atoms with Crippen LogP contribution < -0.4 is 4.74 Å². The predicted octanol–water partition coefficient (Wildman–Crippen LogP) is 1.57. The van der Waals surface area contributed by atoms with E-state index in [4.69, 9.17) is 4.74 Å². The van der Waals surface area contributed by atoms with Gasteiger partial charge in [0.05, 0.1) is 11.5 Å². The molecule has 3 rings (SSSR count). The molecule has 0 spiro atoms. The van der Waals surface area contributed by atoms with Crippen molar-refractivity contribution in [2.24, 2.45) is 11.8 Å². The molecule has 1 aliphatic carbocycles. The third kappa shape index (κ3) is 3.42. The van der Waals surface area contributed by atoms with Gasteiger partial charge in [0.2, 0.25) is 15.9 Å². The van der Waals surface area contributed by atoms with E-state index in [-0.39, 0.29) is 16.7 Å². The number of nitrogens with zero attached hydrogens (tertiary/aromatic N) is 2. The van der Waals surface area contributed by atoms with Gasteiger partial charge in [-0.15, -0.1) is 0 Å². The summed E-state index contributed by atoms with van der Waals surface area (Å²) in [6, 6.07) is 6.49. The standard InChI is InChI=1S/C17H24N2O4S/c1-3-23-14-4-6-15(7-5-14)24(21,22)19-10-8-18(9-11-19)17(20)16-12-13(16)2/h4-7,13,16H,3,8-12H2,1-2H3/t13-,16+/m0/s1. The van der Waals surface area contributed by atoms with Gasteiger partial charge in [0.25, 0.3) is 0 Å². The van der Waals surface area contributed by atoms with Gasteiger partial charge in [0.15, 0.2) is 0 Å². The van der Waals surface area contributed by atoms with Gasteiger partial charge in [-0.1, -0.05) is 6.92 Å². The summed E-state index contributed by atoms with van der Waals surface area (Å²) >= 11 is 0. The van der Waals surface area contributed by atoms with Gasteiger partial charge in [0.1, 0.15) is 5.75 Å². The molecule has 24 heavy (non-hydrogen) atoms. The largest absolute Gasteiger partial charge is 0.494 e. The summed E-state index contributed by atoms with van der Waals surface area (Å²) in [5.41, 5.74) is 0. The van der Waals surface area contributed by atoms with Crippen LogP contribution in [0.15, 0.2) is 29.2 Å². The van der Waals surface area contributed by atoms with Crippen LogP contribution in [0.5, 0.6) is 5.75 Å². The molecule has 1 saturated heterocycles. The maximum Gasteiger partial charge on any atom is 0.243 e. The maximum absolute atomic E-state index is 12.7. The Labute approximate surface area is 143 Å². The van der Waals surface area contributed by atoms with E-state index in [0.29, 0.717) is 44.5 Å². The summed E-state index contributed by atoms with van der Waals surface area (Å²) in [6.07, 6.45) is 0.962. The van der Waals surface area contributed by atoms with Crippen LogP contribution in [0.4, 0.5) is 0 Å². The Morgan fingerprint density at radius 2 is 1.75 bits per heavy atom. The fraction of sp³-hybridized carbons (Fsp3) is 0.588. The maximum atomic E-state index is 12.7. The van der Waals surface area contributed by atoms with Crippen LogP contribution >= 0.6 is 0 Å². The minimum absolute atomic E-state index is 0.152. The van der Waals surface area contributed by atoms with Crippen LogP contribution in [0.1, 0.15) is 20.3 Å². The molecule has 1 aromatic carbocycles. The minimum Gasteiger partial charge on any atom is -0.494 e. The van der Waals surface area contributed by atoms with Gasteiger partial charge in [-0.3, -0.25) is 4.79 Å². The second kappa shape index (κ2) is 6.72. The number of ether oxygens (including phenoxy) is 1. The molecule has 7 heteroatoms. The minimum atomic E-state index is -3.52. The first kappa shape index (κ1) is 17.2. The van der Waals surface area contributed by atoms with E-state index in [1.165, 1.54) is 4.31 Å². The molecule has 1 aliphatic heterocycles. The van der Waals surface area contributed by atoms with Crippen molar-refractivity contribution in [2.45, 2.75) is 25.2 Å². The molecule has 2 atom stereocenters. The Hall–Kier alpha value is -1.60. The lowest BCUT2D eigenvalue weighted by atomic mass is 10.2. The van der Waals surface area contributed by atoms with Crippen molar-refractivity contribution in [1.29, 1.82) is 0 Å². The van der Waals surface area contributed by atoms with Gasteiger partial charge in [-0.2, -0.15) is 4.31 Å². The van der Waals surface area contributed by atoms with Crippen LogP contribution in [-0.4, -0.2) is 56.3 Å². The molecule has 132 valence electrons. The van der Waals surface area contributed by atoms with E-state index < -0.39 is 10.0 Å². The fourth-order valence-corrected chi connectivity index (χ4v) is 4.50. The lowest BCUT2D eigenvalue weighted by Crippen LogP contribution is -2.51. The number of hydrogen-bond acceptors (Lipinski definition) is 4. The number of benzene rings is 1. The fourth-order valence-electron chi connectivity index (χ4n) is 3.07. The Morgan fingerprint density at radius 1 is 1.17 bits per heavy atom. The van der Waals surface area contributed by atoms with Crippen molar-refractivity contribution in [2.75, 3.05) is 32.8 Å². The first-order valence-electron chi connectivity index (χ1n) is 8.45. The second-order valence-corrected chi connectivity index (χ2v) is 8.39. The molecule has 2 aliphatic rings. The SMILES string of the molecule is CCOc1ccc(S(=O)(=O)N2CCN(C(=O)[C@@H]3C[C@@H]3C)CC2)cc1. The highest BCUT2D eigenvalue weighted by Gasteiger charge is 2.42. The van der Waals surface area contributed by atoms with Crippen LogP contribution in [-0.2, 0) is 14.8 Å². The average Bonchev–Trinajstić information content (AvgIpc) is 3.32. The van der Waals surface area contributed by atoms with Gasteiger partial charge in [-0.05, 0) is 43.5 Å². The van der Waals surface area contributed by atoms with Crippen molar-refractivity contribution in [3.8, 4) is 5.75 Å². The zero-order chi connectivity index (χ0) is 17.3. The van der Waals surface area contributed by atoms with Crippen molar-refractivity contribution < 1.29 is 17.9 Å². The van der Waals surface area contributed by atoms with Crippen molar-refractivity contribution in [1.82, 2.24) is 9.21 Å². The zero-order valence-corrected chi connectivity index (χ0v) is 15.0. The first-order valence-corrected chi connectivity index (χ1v) is 9.89. The van der Waals surface area contributed by atoms with E-state index in [0.717, 1.165) is 6.42 Å². The topological polar surface area (TPSA) is 66.9 Å². The summed E-state index contributed by atoms with van der Waals surface area (Å²) in [4.78, 5) is 14.3. The third-order valence-electron chi connectivity index (χ3n) is 4.75. The third-order valence-corrected chi connectivity index (χ3v) is 6.66. The highest BCUT2D eigenvalue weighted by atomic mass is 32.2. The zero-order valence-electron chi connectivity index (χ0n) is 14.1. The Kier molecular flexibility index (Phi) is 4.83. The molecule has 1 saturated carbocycles. The van der Waals surface area contributed by atoms with Crippen LogP contribution in [0, 0.1) is 11.8 Å². The Morgan fingerprint density at radius 3 is 2.25 bits per heavy atom. The van der Waals surface area contributed by atoms with Crippen LogP contribution in [0.3, 0.4) is 0 Å². The molecule has 0 bridgehead atoms. The number of sulfonamides is 1. The lowest BCUT2D eigenvalue weighted by molar-refractivity contribution is -0.134. The molecule has 6 nitrogen and oxygen atoms in total. The Balaban J connectivity index is 1.63. The van der Waals surface area contributed by atoms with E-state index in [9.17, 15) is 13.2 Å². The molecular weight excluding hydrogens is 328 g/mol. The quantitative estimate of drug-likeness (QED) is 0.807. The highest BCUT2D eigenvalue weighted by molar-refractivity contribution is 7.89. The molecule has 0 unspecified atom stereocenters. The van der Waals surface area contributed by atoms with E-state index >= 15 is 0 Å². The summed E-state index contributed by atoms with van der Waals surface area (Å²) < 4.78 is 32.2. The summed E-state index contributed by atoms with van der Waals surface area (Å²) in [5.74, 6) is 1.47. The monoisotopic (exact) mass is 352 g/mol. The van der Waals surface area contributed by atoms with Gasteiger partial charge in [-0.25, -0.2) is 8.42 Å². The number of amides is 1. The normalized spacial score (nSPS) is 24.7. The molecule has 2 fully saturated rings. The number of rotatable bonds is 5. The van der Waals surface area contributed by atoms with E-state index in [1.54, 1.807) is 29.2 Å². The molecule has 1 aromatic rings.